The van der Waals surface area contributed by atoms with E-state index in [9.17, 15) is 9.59 Å². The fraction of sp³-hybridized carbons (Fsp3) is 0.769. The summed E-state index contributed by atoms with van der Waals surface area (Å²) in [4.78, 5) is 22.3. The number of aliphatic carboxylic acids is 1. The molecule has 1 N–H and O–H groups in total. The van der Waals surface area contributed by atoms with E-state index in [1.807, 2.05) is 6.92 Å². The normalized spacial score (nSPS) is 12.7. The predicted molar refractivity (Wildman–Crippen MR) is 126 cm³/mol. The van der Waals surface area contributed by atoms with E-state index in [4.69, 9.17) is 9.84 Å². The Morgan fingerprint density at radius 3 is 1.83 bits per heavy atom. The van der Waals surface area contributed by atoms with E-state index in [0.717, 1.165) is 25.0 Å². The molecule has 0 aromatic heterocycles. The van der Waals surface area contributed by atoms with Crippen molar-refractivity contribution in [1.29, 1.82) is 0 Å². The fourth-order valence-corrected chi connectivity index (χ4v) is 3.54. The van der Waals surface area contributed by atoms with Crippen molar-refractivity contribution in [2.75, 3.05) is 6.61 Å². The summed E-state index contributed by atoms with van der Waals surface area (Å²) in [6.45, 7) is 4.74. The molecule has 4 nitrogen and oxygen atoms in total. The molecule has 0 aliphatic heterocycles. The second-order valence-corrected chi connectivity index (χ2v) is 8.15. The highest BCUT2D eigenvalue weighted by Gasteiger charge is 2.12. The van der Waals surface area contributed by atoms with Crippen molar-refractivity contribution in [2.24, 2.45) is 0 Å². The highest BCUT2D eigenvalue weighted by Crippen LogP contribution is 2.15. The SMILES string of the molecule is CCCC/C=C\CCCCCCCCCCCCC(CC(=O)/C=C/C(=O)O)OCC. The second kappa shape index (κ2) is 22.3. The summed E-state index contributed by atoms with van der Waals surface area (Å²) in [6, 6.07) is 0. The lowest BCUT2D eigenvalue weighted by atomic mass is 10.0. The molecule has 0 aliphatic rings. The molecular formula is C26H46O4. The predicted octanol–water partition coefficient (Wildman–Crippen LogP) is 7.42. The van der Waals surface area contributed by atoms with Crippen molar-refractivity contribution in [3.63, 3.8) is 0 Å². The van der Waals surface area contributed by atoms with Crippen LogP contribution in [0.3, 0.4) is 0 Å². The third kappa shape index (κ3) is 21.3. The Balaban J connectivity index is 3.54. The number of carboxylic acid groups (broad SMARTS) is 1. The lowest BCUT2D eigenvalue weighted by Gasteiger charge is -2.15. The van der Waals surface area contributed by atoms with E-state index >= 15 is 0 Å². The van der Waals surface area contributed by atoms with Crippen molar-refractivity contribution >= 4 is 11.8 Å². The Labute approximate surface area is 185 Å². The molecular weight excluding hydrogens is 376 g/mol. The van der Waals surface area contributed by atoms with Gasteiger partial charge in [0.1, 0.15) is 0 Å². The van der Waals surface area contributed by atoms with Gasteiger partial charge in [-0.3, -0.25) is 4.79 Å². The molecule has 0 amide bonds. The molecule has 1 unspecified atom stereocenters. The van der Waals surface area contributed by atoms with Crippen LogP contribution < -0.4 is 0 Å². The summed E-state index contributed by atoms with van der Waals surface area (Å²) in [6.07, 6.45) is 25.7. The number of ketones is 1. The average Bonchev–Trinajstić information content (AvgIpc) is 2.72. The molecule has 0 bridgehead atoms. The Hall–Kier alpha value is -1.42. The van der Waals surface area contributed by atoms with E-state index in [-0.39, 0.29) is 18.3 Å². The van der Waals surface area contributed by atoms with Gasteiger partial charge in [-0.2, -0.15) is 0 Å². The largest absolute Gasteiger partial charge is 0.478 e. The van der Waals surface area contributed by atoms with Gasteiger partial charge < -0.3 is 9.84 Å². The van der Waals surface area contributed by atoms with E-state index in [0.29, 0.717) is 6.61 Å². The van der Waals surface area contributed by atoms with Crippen LogP contribution >= 0.6 is 0 Å². The molecule has 0 heterocycles. The van der Waals surface area contributed by atoms with Gasteiger partial charge in [0.25, 0.3) is 0 Å². The molecule has 1 atom stereocenters. The minimum absolute atomic E-state index is 0.0950. The van der Waals surface area contributed by atoms with Gasteiger partial charge in [0.15, 0.2) is 5.78 Å². The van der Waals surface area contributed by atoms with Crippen molar-refractivity contribution < 1.29 is 19.4 Å². The maximum Gasteiger partial charge on any atom is 0.328 e. The summed E-state index contributed by atoms with van der Waals surface area (Å²) in [7, 11) is 0. The van der Waals surface area contributed by atoms with Crippen LogP contribution in [0.1, 0.15) is 117 Å². The molecule has 0 aromatic carbocycles. The molecule has 30 heavy (non-hydrogen) atoms. The number of ether oxygens (including phenoxy) is 1. The van der Waals surface area contributed by atoms with Crippen molar-refractivity contribution in [3.8, 4) is 0 Å². The molecule has 0 rings (SSSR count). The van der Waals surface area contributed by atoms with Crippen LogP contribution in [0.25, 0.3) is 0 Å². The molecule has 0 saturated heterocycles. The Morgan fingerprint density at radius 1 is 0.767 bits per heavy atom. The van der Waals surface area contributed by atoms with Crippen LogP contribution in [0.2, 0.25) is 0 Å². The van der Waals surface area contributed by atoms with Crippen LogP contribution in [0.4, 0.5) is 0 Å². The van der Waals surface area contributed by atoms with Gasteiger partial charge in [-0.05, 0) is 38.7 Å². The number of carbonyl (C=O) groups excluding carboxylic acids is 1. The first-order valence-corrected chi connectivity index (χ1v) is 12.3. The minimum Gasteiger partial charge on any atom is -0.478 e. The Bertz CT molecular complexity index is 468. The van der Waals surface area contributed by atoms with E-state index in [1.54, 1.807) is 0 Å². The van der Waals surface area contributed by atoms with Gasteiger partial charge in [0.2, 0.25) is 0 Å². The zero-order valence-electron chi connectivity index (χ0n) is 19.6. The summed E-state index contributed by atoms with van der Waals surface area (Å²) >= 11 is 0. The number of hydrogen-bond donors (Lipinski definition) is 1. The number of carbonyl (C=O) groups is 2. The molecule has 0 spiro atoms. The van der Waals surface area contributed by atoms with E-state index < -0.39 is 5.97 Å². The maximum absolute atomic E-state index is 11.8. The van der Waals surface area contributed by atoms with E-state index in [1.165, 1.54) is 83.5 Å². The van der Waals surface area contributed by atoms with Crippen LogP contribution in [0, 0.1) is 0 Å². The van der Waals surface area contributed by atoms with Crippen molar-refractivity contribution in [1.82, 2.24) is 0 Å². The highest BCUT2D eigenvalue weighted by molar-refractivity contribution is 5.95. The average molecular weight is 423 g/mol. The maximum atomic E-state index is 11.8. The zero-order valence-corrected chi connectivity index (χ0v) is 19.6. The van der Waals surface area contributed by atoms with Gasteiger partial charge >= 0.3 is 5.97 Å². The highest BCUT2D eigenvalue weighted by atomic mass is 16.5. The minimum atomic E-state index is -1.09. The van der Waals surface area contributed by atoms with Crippen molar-refractivity contribution in [3.05, 3.63) is 24.3 Å². The summed E-state index contributed by atoms with van der Waals surface area (Å²) in [5.41, 5.74) is 0. The standard InChI is InChI=1S/C26H46O4/c1-3-5-6-7-8-9-10-11-12-13-14-15-16-17-18-19-20-25(30-4-2)23-24(27)21-22-26(28)29/h7-8,21-22,25H,3-6,9-20,23H2,1-2H3,(H,28,29)/b8-7-,22-21+. The smallest absolute Gasteiger partial charge is 0.328 e. The fourth-order valence-electron chi connectivity index (χ4n) is 3.54. The number of hydrogen-bond acceptors (Lipinski definition) is 3. The van der Waals surface area contributed by atoms with Crippen LogP contribution in [0.15, 0.2) is 24.3 Å². The number of rotatable bonds is 22. The first-order chi connectivity index (χ1) is 14.6. The van der Waals surface area contributed by atoms with Gasteiger partial charge in [0.05, 0.1) is 6.10 Å². The number of allylic oxidation sites excluding steroid dienone is 3. The lowest BCUT2D eigenvalue weighted by molar-refractivity contribution is -0.131. The number of unbranched alkanes of at least 4 members (excludes halogenated alkanes) is 12. The monoisotopic (exact) mass is 422 g/mol. The van der Waals surface area contributed by atoms with Crippen LogP contribution in [-0.2, 0) is 14.3 Å². The summed E-state index contributed by atoms with van der Waals surface area (Å²) < 4.78 is 5.64. The first-order valence-electron chi connectivity index (χ1n) is 12.3. The van der Waals surface area contributed by atoms with Crippen molar-refractivity contribution in [2.45, 2.75) is 123 Å². The molecule has 0 aromatic rings. The van der Waals surface area contributed by atoms with Gasteiger partial charge in [0, 0.05) is 19.1 Å². The summed E-state index contributed by atoms with van der Waals surface area (Å²) in [5.74, 6) is -1.27. The molecule has 4 heteroatoms. The van der Waals surface area contributed by atoms with Gasteiger partial charge in [-0.1, -0.05) is 89.7 Å². The first kappa shape index (κ1) is 28.6. The van der Waals surface area contributed by atoms with E-state index in [2.05, 4.69) is 19.1 Å². The molecule has 0 fully saturated rings. The molecule has 0 radical (unpaired) electrons. The quantitative estimate of drug-likeness (QED) is 0.112. The third-order valence-corrected chi connectivity index (χ3v) is 5.28. The van der Waals surface area contributed by atoms with Crippen LogP contribution in [0.5, 0.6) is 0 Å². The summed E-state index contributed by atoms with van der Waals surface area (Å²) in [5, 5.41) is 8.59. The third-order valence-electron chi connectivity index (χ3n) is 5.28. The second-order valence-electron chi connectivity index (χ2n) is 8.15. The Morgan fingerprint density at radius 2 is 1.30 bits per heavy atom. The topological polar surface area (TPSA) is 63.6 Å². The van der Waals surface area contributed by atoms with Gasteiger partial charge in [-0.25, -0.2) is 4.79 Å². The number of carboxylic acids is 1. The Kier molecular flexibility index (Phi) is 21.2. The van der Waals surface area contributed by atoms with Gasteiger partial charge in [-0.15, -0.1) is 0 Å². The molecule has 0 aliphatic carbocycles. The lowest BCUT2D eigenvalue weighted by Crippen LogP contribution is -2.17. The molecule has 0 saturated carbocycles. The molecule has 174 valence electrons. The zero-order chi connectivity index (χ0) is 22.3. The van der Waals surface area contributed by atoms with Crippen LogP contribution in [-0.4, -0.2) is 29.6 Å².